The lowest BCUT2D eigenvalue weighted by Crippen LogP contribution is -1.89. The second-order valence-electron chi connectivity index (χ2n) is 4.25. The number of benzene rings is 2. The summed E-state index contributed by atoms with van der Waals surface area (Å²) in [5.74, 6) is 1.82. The number of ether oxygens (including phenoxy) is 1. The number of hydrogen-bond acceptors (Lipinski definition) is 2. The summed E-state index contributed by atoms with van der Waals surface area (Å²) in [6.45, 7) is 0. The molecule has 0 unspecified atom stereocenters. The summed E-state index contributed by atoms with van der Waals surface area (Å²) < 4.78 is 5.73. The minimum absolute atomic E-state index is 0.462. The minimum Gasteiger partial charge on any atom is -0.439 e. The van der Waals surface area contributed by atoms with Crippen molar-refractivity contribution in [2.24, 2.45) is 0 Å². The molecule has 0 atom stereocenters. The molecular weight excluding hydrogens is 258 g/mol. The molecule has 0 aliphatic carbocycles. The van der Waals surface area contributed by atoms with Gasteiger partial charge in [0, 0.05) is 18.1 Å². The van der Waals surface area contributed by atoms with Crippen LogP contribution >= 0.6 is 11.6 Å². The molecule has 94 valence electrons. The van der Waals surface area contributed by atoms with Crippen LogP contribution in [0.3, 0.4) is 0 Å². The number of fused-ring (bicyclic) bond motifs is 1. The second-order valence-corrected chi connectivity index (χ2v) is 4.52. The van der Waals surface area contributed by atoms with E-state index in [0.29, 0.717) is 11.8 Å². The van der Waals surface area contributed by atoms with Crippen molar-refractivity contribution >= 4 is 22.4 Å². The number of pyridine rings is 1. The highest BCUT2D eigenvalue weighted by Gasteiger charge is 2.00. The summed E-state index contributed by atoms with van der Waals surface area (Å²) in [4.78, 5) is 4.22. The van der Waals surface area contributed by atoms with Gasteiger partial charge >= 0.3 is 0 Å². The largest absolute Gasteiger partial charge is 0.439 e. The van der Waals surface area contributed by atoms with Crippen LogP contribution in [0.15, 0.2) is 60.8 Å². The lowest BCUT2D eigenvalue weighted by molar-refractivity contribution is 0.463. The normalized spacial score (nSPS) is 10.6. The molecule has 0 saturated carbocycles. The lowest BCUT2D eigenvalue weighted by atomic mass is 10.1. The van der Waals surface area contributed by atoms with Gasteiger partial charge in [-0.2, -0.15) is 0 Å². The van der Waals surface area contributed by atoms with E-state index >= 15 is 0 Å². The van der Waals surface area contributed by atoms with E-state index in [2.05, 4.69) is 17.1 Å². The van der Waals surface area contributed by atoms with Crippen LogP contribution in [-0.2, 0) is 5.88 Å². The van der Waals surface area contributed by atoms with Crippen LogP contribution in [-0.4, -0.2) is 4.98 Å². The first-order valence-corrected chi connectivity index (χ1v) is 6.56. The van der Waals surface area contributed by atoms with Crippen LogP contribution in [0, 0.1) is 0 Å². The fourth-order valence-corrected chi connectivity index (χ4v) is 2.06. The number of aromatic nitrogens is 1. The van der Waals surface area contributed by atoms with Crippen molar-refractivity contribution in [2.45, 2.75) is 5.88 Å². The van der Waals surface area contributed by atoms with E-state index in [1.165, 1.54) is 5.39 Å². The zero-order valence-corrected chi connectivity index (χ0v) is 11.0. The Labute approximate surface area is 116 Å². The molecule has 0 radical (unpaired) electrons. The van der Waals surface area contributed by atoms with Crippen LogP contribution < -0.4 is 4.74 Å². The minimum atomic E-state index is 0.462. The standard InChI is InChI=1S/C16H12ClNO/c17-10-12-5-8-16(18-11-12)19-15-7-6-13-3-1-2-4-14(13)9-15/h1-9,11H,10H2. The van der Waals surface area contributed by atoms with Gasteiger partial charge < -0.3 is 4.74 Å². The van der Waals surface area contributed by atoms with E-state index in [0.717, 1.165) is 16.7 Å². The smallest absolute Gasteiger partial charge is 0.219 e. The van der Waals surface area contributed by atoms with E-state index in [4.69, 9.17) is 16.3 Å². The maximum atomic E-state index is 5.73. The Hall–Kier alpha value is -2.06. The van der Waals surface area contributed by atoms with E-state index in [9.17, 15) is 0 Å². The summed E-state index contributed by atoms with van der Waals surface area (Å²) >= 11 is 5.72. The third-order valence-corrected chi connectivity index (χ3v) is 3.20. The summed E-state index contributed by atoms with van der Waals surface area (Å²) in [6.07, 6.45) is 1.73. The van der Waals surface area contributed by atoms with Crippen molar-refractivity contribution in [3.05, 3.63) is 66.4 Å². The van der Waals surface area contributed by atoms with Gasteiger partial charge in [0.1, 0.15) is 5.75 Å². The van der Waals surface area contributed by atoms with Crippen LogP contribution in [0.4, 0.5) is 0 Å². The van der Waals surface area contributed by atoms with E-state index in [1.807, 2.05) is 42.5 Å². The van der Waals surface area contributed by atoms with Gasteiger partial charge in [-0.05, 0) is 28.5 Å². The fourth-order valence-electron chi connectivity index (χ4n) is 1.90. The van der Waals surface area contributed by atoms with Crippen molar-refractivity contribution in [1.29, 1.82) is 0 Å². The van der Waals surface area contributed by atoms with Gasteiger partial charge in [-0.25, -0.2) is 4.98 Å². The van der Waals surface area contributed by atoms with Crippen molar-refractivity contribution in [3.63, 3.8) is 0 Å². The number of nitrogens with zero attached hydrogens (tertiary/aromatic N) is 1. The molecular formula is C16H12ClNO. The van der Waals surface area contributed by atoms with Gasteiger partial charge in [-0.1, -0.05) is 36.4 Å². The first-order valence-electron chi connectivity index (χ1n) is 6.03. The molecule has 0 bridgehead atoms. The van der Waals surface area contributed by atoms with Crippen molar-refractivity contribution < 1.29 is 4.74 Å². The highest BCUT2D eigenvalue weighted by Crippen LogP contribution is 2.24. The zero-order valence-electron chi connectivity index (χ0n) is 10.2. The Bertz CT molecular complexity index is 694. The zero-order chi connectivity index (χ0) is 13.1. The van der Waals surface area contributed by atoms with E-state index in [1.54, 1.807) is 6.20 Å². The lowest BCUT2D eigenvalue weighted by Gasteiger charge is -2.06. The molecule has 2 aromatic carbocycles. The number of halogens is 1. The van der Waals surface area contributed by atoms with Crippen molar-refractivity contribution in [1.82, 2.24) is 4.98 Å². The highest BCUT2D eigenvalue weighted by molar-refractivity contribution is 6.17. The average molecular weight is 270 g/mol. The Morgan fingerprint density at radius 2 is 1.79 bits per heavy atom. The maximum Gasteiger partial charge on any atom is 0.219 e. The molecule has 2 nitrogen and oxygen atoms in total. The Morgan fingerprint density at radius 1 is 0.947 bits per heavy atom. The van der Waals surface area contributed by atoms with Crippen LogP contribution in [0.25, 0.3) is 10.8 Å². The molecule has 1 heterocycles. The number of alkyl halides is 1. The third kappa shape index (κ3) is 2.69. The van der Waals surface area contributed by atoms with E-state index < -0.39 is 0 Å². The van der Waals surface area contributed by atoms with Crippen LogP contribution in [0.5, 0.6) is 11.6 Å². The molecule has 0 amide bonds. The predicted octanol–water partition coefficient (Wildman–Crippen LogP) is 4.77. The molecule has 3 rings (SSSR count). The van der Waals surface area contributed by atoms with Crippen molar-refractivity contribution in [2.75, 3.05) is 0 Å². The molecule has 0 saturated heterocycles. The van der Waals surface area contributed by atoms with Crippen molar-refractivity contribution in [3.8, 4) is 11.6 Å². The SMILES string of the molecule is ClCc1ccc(Oc2ccc3ccccc3c2)nc1. The first-order chi connectivity index (χ1) is 9.35. The summed E-state index contributed by atoms with van der Waals surface area (Å²) in [5.41, 5.74) is 0.979. The summed E-state index contributed by atoms with van der Waals surface area (Å²) in [6, 6.07) is 17.9. The molecule has 0 N–H and O–H groups in total. The quantitative estimate of drug-likeness (QED) is 0.639. The molecule has 0 spiro atoms. The molecule has 0 fully saturated rings. The van der Waals surface area contributed by atoms with Gasteiger partial charge in [0.25, 0.3) is 0 Å². The topological polar surface area (TPSA) is 22.1 Å². The number of hydrogen-bond donors (Lipinski definition) is 0. The molecule has 3 heteroatoms. The Morgan fingerprint density at radius 3 is 2.53 bits per heavy atom. The molecule has 1 aromatic heterocycles. The monoisotopic (exact) mass is 269 g/mol. The van der Waals surface area contributed by atoms with E-state index in [-0.39, 0.29) is 0 Å². The summed E-state index contributed by atoms with van der Waals surface area (Å²) in [5, 5.41) is 2.35. The van der Waals surface area contributed by atoms with Gasteiger partial charge in [-0.3, -0.25) is 0 Å². The molecule has 0 aliphatic heterocycles. The average Bonchev–Trinajstić information content (AvgIpc) is 2.48. The van der Waals surface area contributed by atoms with Gasteiger partial charge in [-0.15, -0.1) is 11.6 Å². The fraction of sp³-hybridized carbons (Fsp3) is 0.0625. The van der Waals surface area contributed by atoms with Gasteiger partial charge in [0.2, 0.25) is 5.88 Å². The molecule has 19 heavy (non-hydrogen) atoms. The highest BCUT2D eigenvalue weighted by atomic mass is 35.5. The maximum absolute atomic E-state index is 5.73. The Kier molecular flexibility index (Phi) is 3.34. The molecule has 3 aromatic rings. The number of rotatable bonds is 3. The predicted molar refractivity (Wildman–Crippen MR) is 77.8 cm³/mol. The second kappa shape index (κ2) is 5.29. The van der Waals surface area contributed by atoms with Crippen LogP contribution in [0.1, 0.15) is 5.56 Å². The molecule has 0 aliphatic rings. The Balaban J connectivity index is 1.87. The third-order valence-electron chi connectivity index (χ3n) is 2.90. The van der Waals surface area contributed by atoms with Gasteiger partial charge in [0.05, 0.1) is 0 Å². The summed E-state index contributed by atoms with van der Waals surface area (Å²) in [7, 11) is 0. The van der Waals surface area contributed by atoms with Gasteiger partial charge in [0.15, 0.2) is 0 Å². The first kappa shape index (κ1) is 12.0. The van der Waals surface area contributed by atoms with Crippen LogP contribution in [0.2, 0.25) is 0 Å².